The number of carbonyl (C=O) groups excluding carboxylic acids is 1. The number of benzene rings is 1. The molecule has 1 fully saturated rings. The van der Waals surface area contributed by atoms with Crippen molar-refractivity contribution in [3.8, 4) is 5.75 Å². The molecule has 0 unspecified atom stereocenters. The van der Waals surface area contributed by atoms with E-state index in [1.54, 1.807) is 7.11 Å². The van der Waals surface area contributed by atoms with Crippen LogP contribution in [-0.2, 0) is 11.2 Å². The van der Waals surface area contributed by atoms with Gasteiger partial charge in [-0.1, -0.05) is 12.1 Å². The molecule has 0 atom stereocenters. The van der Waals surface area contributed by atoms with Gasteiger partial charge in [0.05, 0.1) is 7.11 Å². The van der Waals surface area contributed by atoms with E-state index in [4.69, 9.17) is 4.74 Å². The molecule has 1 aliphatic heterocycles. The predicted octanol–water partition coefficient (Wildman–Crippen LogP) is 1.81. The molecule has 1 saturated heterocycles. The Morgan fingerprint density at radius 1 is 1.29 bits per heavy atom. The summed E-state index contributed by atoms with van der Waals surface area (Å²) in [6.07, 6.45) is 2.51. The Kier molecular flexibility index (Phi) is 4.15. The van der Waals surface area contributed by atoms with Crippen LogP contribution in [0.4, 0.5) is 0 Å². The first-order valence-electron chi connectivity index (χ1n) is 6.16. The summed E-state index contributed by atoms with van der Waals surface area (Å²) in [5.41, 5.74) is 1.08. The van der Waals surface area contributed by atoms with Crippen molar-refractivity contribution in [3.63, 3.8) is 0 Å². The number of piperidine rings is 1. The van der Waals surface area contributed by atoms with Gasteiger partial charge in [-0.2, -0.15) is 0 Å². The molecular formula is C14H19NO2. The highest BCUT2D eigenvalue weighted by atomic mass is 16.5. The van der Waals surface area contributed by atoms with Gasteiger partial charge >= 0.3 is 0 Å². The van der Waals surface area contributed by atoms with Crippen molar-refractivity contribution in [1.29, 1.82) is 0 Å². The van der Waals surface area contributed by atoms with E-state index < -0.39 is 0 Å². The highest BCUT2D eigenvalue weighted by molar-refractivity contribution is 5.83. The van der Waals surface area contributed by atoms with Crippen molar-refractivity contribution in [1.82, 2.24) is 5.32 Å². The van der Waals surface area contributed by atoms with E-state index in [0.29, 0.717) is 12.2 Å². The molecule has 0 aromatic heterocycles. The molecule has 1 aromatic carbocycles. The van der Waals surface area contributed by atoms with Crippen LogP contribution in [0.15, 0.2) is 24.3 Å². The molecule has 1 heterocycles. The number of methoxy groups -OCH3 is 1. The third-order valence-corrected chi connectivity index (χ3v) is 3.33. The molecule has 0 radical (unpaired) electrons. The largest absolute Gasteiger partial charge is 0.497 e. The lowest BCUT2D eigenvalue weighted by molar-refractivity contribution is -0.122. The van der Waals surface area contributed by atoms with Crippen LogP contribution in [0.3, 0.4) is 0 Å². The average Bonchev–Trinajstić information content (AvgIpc) is 2.40. The Morgan fingerprint density at radius 2 is 1.94 bits per heavy atom. The Hall–Kier alpha value is -1.35. The Bertz CT molecular complexity index is 366. The fourth-order valence-electron chi connectivity index (χ4n) is 2.23. The number of hydrogen-bond donors (Lipinski definition) is 1. The van der Waals surface area contributed by atoms with Gasteiger partial charge in [-0.25, -0.2) is 0 Å². The second-order valence-electron chi connectivity index (χ2n) is 4.52. The van der Waals surface area contributed by atoms with Crippen LogP contribution < -0.4 is 10.1 Å². The topological polar surface area (TPSA) is 38.3 Å². The molecule has 3 heteroatoms. The molecule has 3 nitrogen and oxygen atoms in total. The first-order valence-corrected chi connectivity index (χ1v) is 6.16. The van der Waals surface area contributed by atoms with E-state index in [-0.39, 0.29) is 5.92 Å². The minimum Gasteiger partial charge on any atom is -0.497 e. The van der Waals surface area contributed by atoms with Crippen LogP contribution in [0.1, 0.15) is 18.4 Å². The van der Waals surface area contributed by atoms with Gasteiger partial charge in [0.2, 0.25) is 0 Å². The van der Waals surface area contributed by atoms with Gasteiger partial charge in [-0.15, -0.1) is 0 Å². The quantitative estimate of drug-likeness (QED) is 0.862. The summed E-state index contributed by atoms with van der Waals surface area (Å²) in [6.45, 7) is 1.94. The van der Waals surface area contributed by atoms with E-state index in [9.17, 15) is 4.79 Å². The van der Waals surface area contributed by atoms with E-state index in [1.165, 1.54) is 0 Å². The van der Waals surface area contributed by atoms with Gasteiger partial charge in [0, 0.05) is 12.3 Å². The summed E-state index contributed by atoms with van der Waals surface area (Å²) in [6, 6.07) is 7.76. The lowest BCUT2D eigenvalue weighted by Crippen LogP contribution is -2.32. The molecule has 0 bridgehead atoms. The Morgan fingerprint density at radius 3 is 2.53 bits per heavy atom. The van der Waals surface area contributed by atoms with E-state index in [0.717, 1.165) is 37.2 Å². The Labute approximate surface area is 102 Å². The number of hydrogen-bond acceptors (Lipinski definition) is 3. The molecule has 0 spiro atoms. The molecule has 1 N–H and O–H groups in total. The number of ketones is 1. The highest BCUT2D eigenvalue weighted by Gasteiger charge is 2.20. The zero-order valence-electron chi connectivity index (χ0n) is 10.2. The van der Waals surface area contributed by atoms with E-state index >= 15 is 0 Å². The van der Waals surface area contributed by atoms with Crippen LogP contribution >= 0.6 is 0 Å². The summed E-state index contributed by atoms with van der Waals surface area (Å²) >= 11 is 0. The van der Waals surface area contributed by atoms with Crippen LogP contribution in [0.5, 0.6) is 5.75 Å². The number of nitrogens with one attached hydrogen (secondary N) is 1. The maximum Gasteiger partial charge on any atom is 0.140 e. The minimum absolute atomic E-state index is 0.248. The first kappa shape index (κ1) is 12.1. The molecule has 92 valence electrons. The van der Waals surface area contributed by atoms with Crippen LogP contribution in [0.25, 0.3) is 0 Å². The van der Waals surface area contributed by atoms with Gasteiger partial charge in [-0.3, -0.25) is 4.79 Å². The van der Waals surface area contributed by atoms with Crippen LogP contribution in [0.2, 0.25) is 0 Å². The second kappa shape index (κ2) is 5.82. The maximum absolute atomic E-state index is 12.1. The highest BCUT2D eigenvalue weighted by Crippen LogP contribution is 2.17. The first-order chi connectivity index (χ1) is 8.29. The smallest absolute Gasteiger partial charge is 0.140 e. The third kappa shape index (κ3) is 3.30. The number of rotatable bonds is 4. The molecule has 17 heavy (non-hydrogen) atoms. The monoisotopic (exact) mass is 233 g/mol. The number of ether oxygens (including phenoxy) is 1. The molecule has 1 aromatic rings. The predicted molar refractivity (Wildman–Crippen MR) is 67.3 cm³/mol. The van der Waals surface area contributed by atoms with Gasteiger partial charge in [0.1, 0.15) is 11.5 Å². The lowest BCUT2D eigenvalue weighted by Gasteiger charge is -2.21. The van der Waals surface area contributed by atoms with Crippen LogP contribution in [0, 0.1) is 5.92 Å². The molecular weight excluding hydrogens is 214 g/mol. The second-order valence-corrected chi connectivity index (χ2v) is 4.52. The van der Waals surface area contributed by atoms with Gasteiger partial charge in [-0.05, 0) is 43.6 Å². The molecule has 0 saturated carbocycles. The molecule has 2 rings (SSSR count). The number of carbonyl (C=O) groups is 1. The molecule has 0 aliphatic carbocycles. The van der Waals surface area contributed by atoms with Gasteiger partial charge in [0.15, 0.2) is 0 Å². The fourth-order valence-corrected chi connectivity index (χ4v) is 2.23. The summed E-state index contributed by atoms with van der Waals surface area (Å²) in [5, 5.41) is 3.28. The number of Topliss-reactive ketones (excluding diaryl/α,β-unsaturated/α-hetero) is 1. The van der Waals surface area contributed by atoms with E-state index in [2.05, 4.69) is 5.32 Å². The average molecular weight is 233 g/mol. The zero-order chi connectivity index (χ0) is 12.1. The Balaban J connectivity index is 1.92. The zero-order valence-corrected chi connectivity index (χ0v) is 10.2. The van der Waals surface area contributed by atoms with Crippen molar-refractivity contribution in [2.24, 2.45) is 5.92 Å². The standard InChI is InChI=1S/C14H19NO2/c1-17-13-4-2-11(3-5-13)10-14(16)12-6-8-15-9-7-12/h2-5,12,15H,6-10H2,1H3. The van der Waals surface area contributed by atoms with Crippen molar-refractivity contribution < 1.29 is 9.53 Å². The summed E-state index contributed by atoms with van der Waals surface area (Å²) < 4.78 is 5.10. The summed E-state index contributed by atoms with van der Waals surface area (Å²) in [7, 11) is 1.65. The SMILES string of the molecule is COc1ccc(CC(=O)C2CCNCC2)cc1. The third-order valence-electron chi connectivity index (χ3n) is 3.33. The van der Waals surface area contributed by atoms with Crippen molar-refractivity contribution in [2.45, 2.75) is 19.3 Å². The minimum atomic E-state index is 0.248. The lowest BCUT2D eigenvalue weighted by atomic mass is 9.90. The van der Waals surface area contributed by atoms with Crippen LogP contribution in [-0.4, -0.2) is 26.0 Å². The molecule has 1 aliphatic rings. The van der Waals surface area contributed by atoms with Crippen molar-refractivity contribution >= 4 is 5.78 Å². The summed E-state index contributed by atoms with van der Waals surface area (Å²) in [5.74, 6) is 1.46. The molecule has 0 amide bonds. The van der Waals surface area contributed by atoms with Crippen molar-refractivity contribution in [3.05, 3.63) is 29.8 Å². The maximum atomic E-state index is 12.1. The fraction of sp³-hybridized carbons (Fsp3) is 0.500. The van der Waals surface area contributed by atoms with Gasteiger partial charge < -0.3 is 10.1 Å². The van der Waals surface area contributed by atoms with E-state index in [1.807, 2.05) is 24.3 Å². The van der Waals surface area contributed by atoms with Gasteiger partial charge in [0.25, 0.3) is 0 Å². The summed E-state index contributed by atoms with van der Waals surface area (Å²) in [4.78, 5) is 12.1. The van der Waals surface area contributed by atoms with Crippen molar-refractivity contribution in [2.75, 3.05) is 20.2 Å². The normalized spacial score (nSPS) is 16.8.